The minimum absolute atomic E-state index is 0.148. The number of hydrogen-bond donors (Lipinski definition) is 2. The second kappa shape index (κ2) is 5.14. The molecular formula is C16H14ClN3O. The fourth-order valence-electron chi connectivity index (χ4n) is 2.26. The summed E-state index contributed by atoms with van der Waals surface area (Å²) in [5.41, 5.74) is 9.61. The molecule has 0 unspecified atom stereocenters. The van der Waals surface area contributed by atoms with Gasteiger partial charge in [0.15, 0.2) is 0 Å². The zero-order valence-corrected chi connectivity index (χ0v) is 12.2. The standard InChI is InChI=1S/C16H14ClN3O/c1-20-9-14(10-2-5-12(18)6-3-10)16(19-20)13-8-11(17)4-7-15(13)21/h2-9,21H,18H2,1H3. The Hall–Kier alpha value is -2.46. The van der Waals surface area contributed by atoms with Gasteiger partial charge in [-0.15, -0.1) is 0 Å². The van der Waals surface area contributed by atoms with Gasteiger partial charge in [-0.25, -0.2) is 0 Å². The lowest BCUT2D eigenvalue weighted by molar-refractivity contribution is 0.477. The number of phenolic OH excluding ortho intramolecular Hbond substituents is 1. The quantitative estimate of drug-likeness (QED) is 0.709. The van der Waals surface area contributed by atoms with Crippen LogP contribution in [-0.4, -0.2) is 14.9 Å². The molecule has 0 aliphatic carbocycles. The Morgan fingerprint density at radius 1 is 1.10 bits per heavy atom. The molecule has 5 heteroatoms. The monoisotopic (exact) mass is 299 g/mol. The van der Waals surface area contributed by atoms with E-state index < -0.39 is 0 Å². The molecule has 0 amide bonds. The third-order valence-electron chi connectivity index (χ3n) is 3.26. The number of benzene rings is 2. The Kier molecular flexibility index (Phi) is 3.31. The number of aryl methyl sites for hydroxylation is 1. The summed E-state index contributed by atoms with van der Waals surface area (Å²) < 4.78 is 1.71. The Morgan fingerprint density at radius 2 is 1.81 bits per heavy atom. The van der Waals surface area contributed by atoms with Crippen molar-refractivity contribution in [2.45, 2.75) is 0 Å². The number of aromatic nitrogens is 2. The number of anilines is 1. The fraction of sp³-hybridized carbons (Fsp3) is 0.0625. The molecule has 0 saturated carbocycles. The van der Waals surface area contributed by atoms with Gasteiger partial charge in [0.05, 0.1) is 0 Å². The maximum atomic E-state index is 10.1. The van der Waals surface area contributed by atoms with Gasteiger partial charge in [-0.2, -0.15) is 5.10 Å². The molecular weight excluding hydrogens is 286 g/mol. The van der Waals surface area contributed by atoms with Crippen LogP contribution < -0.4 is 5.73 Å². The molecule has 1 heterocycles. The van der Waals surface area contributed by atoms with Gasteiger partial charge < -0.3 is 10.8 Å². The summed E-state index contributed by atoms with van der Waals surface area (Å²) >= 11 is 6.03. The molecule has 3 N–H and O–H groups in total. The summed E-state index contributed by atoms with van der Waals surface area (Å²) in [6.45, 7) is 0. The number of hydrogen-bond acceptors (Lipinski definition) is 3. The van der Waals surface area contributed by atoms with Crippen LogP contribution in [0.5, 0.6) is 5.75 Å². The molecule has 0 radical (unpaired) electrons. The largest absolute Gasteiger partial charge is 0.507 e. The summed E-state index contributed by atoms with van der Waals surface area (Å²) in [7, 11) is 1.84. The van der Waals surface area contributed by atoms with E-state index in [0.717, 1.165) is 11.1 Å². The SMILES string of the molecule is Cn1cc(-c2ccc(N)cc2)c(-c2cc(Cl)ccc2O)n1. The predicted octanol–water partition coefficient (Wildman–Crippen LogP) is 3.70. The summed E-state index contributed by atoms with van der Waals surface area (Å²) in [5.74, 6) is 0.148. The second-order valence-corrected chi connectivity index (χ2v) is 5.28. The van der Waals surface area contributed by atoms with Crippen molar-refractivity contribution in [1.82, 2.24) is 9.78 Å². The van der Waals surface area contributed by atoms with E-state index in [9.17, 15) is 5.11 Å². The van der Waals surface area contributed by atoms with E-state index in [4.69, 9.17) is 17.3 Å². The van der Waals surface area contributed by atoms with E-state index in [-0.39, 0.29) is 5.75 Å². The van der Waals surface area contributed by atoms with Gasteiger partial charge in [-0.05, 0) is 35.9 Å². The van der Waals surface area contributed by atoms with Crippen molar-refractivity contribution >= 4 is 17.3 Å². The number of rotatable bonds is 2. The Morgan fingerprint density at radius 3 is 2.52 bits per heavy atom. The Balaban J connectivity index is 2.20. The maximum Gasteiger partial charge on any atom is 0.125 e. The summed E-state index contributed by atoms with van der Waals surface area (Å²) in [6, 6.07) is 12.5. The molecule has 1 aromatic heterocycles. The van der Waals surface area contributed by atoms with E-state index >= 15 is 0 Å². The number of halogens is 1. The molecule has 0 bridgehead atoms. The molecule has 3 aromatic rings. The van der Waals surface area contributed by atoms with Gasteiger partial charge in [0.25, 0.3) is 0 Å². The van der Waals surface area contributed by atoms with Crippen LogP contribution in [0.25, 0.3) is 22.4 Å². The van der Waals surface area contributed by atoms with Gasteiger partial charge >= 0.3 is 0 Å². The smallest absolute Gasteiger partial charge is 0.125 e. The van der Waals surface area contributed by atoms with Crippen LogP contribution in [0.15, 0.2) is 48.7 Å². The predicted molar refractivity (Wildman–Crippen MR) is 85.2 cm³/mol. The molecule has 0 spiro atoms. The van der Waals surface area contributed by atoms with E-state index in [1.165, 1.54) is 0 Å². The fourth-order valence-corrected chi connectivity index (χ4v) is 2.43. The first kappa shape index (κ1) is 13.5. The van der Waals surface area contributed by atoms with E-state index in [1.807, 2.05) is 37.5 Å². The molecule has 0 atom stereocenters. The minimum atomic E-state index is 0.148. The molecule has 4 nitrogen and oxygen atoms in total. The molecule has 106 valence electrons. The highest BCUT2D eigenvalue weighted by atomic mass is 35.5. The van der Waals surface area contributed by atoms with Crippen molar-refractivity contribution in [3.8, 4) is 28.1 Å². The highest BCUT2D eigenvalue weighted by Gasteiger charge is 2.15. The first-order chi connectivity index (χ1) is 10.0. The lowest BCUT2D eigenvalue weighted by atomic mass is 10.0. The molecule has 0 fully saturated rings. The maximum absolute atomic E-state index is 10.1. The molecule has 0 saturated heterocycles. The van der Waals surface area contributed by atoms with Crippen molar-refractivity contribution in [2.24, 2.45) is 7.05 Å². The van der Waals surface area contributed by atoms with Crippen molar-refractivity contribution in [3.05, 3.63) is 53.7 Å². The van der Waals surface area contributed by atoms with E-state index in [0.29, 0.717) is 22.0 Å². The number of aromatic hydroxyl groups is 1. The molecule has 0 aliphatic heterocycles. The highest BCUT2D eigenvalue weighted by Crippen LogP contribution is 2.37. The van der Waals surface area contributed by atoms with Crippen LogP contribution in [0, 0.1) is 0 Å². The second-order valence-electron chi connectivity index (χ2n) is 4.85. The number of nitrogen functional groups attached to an aromatic ring is 1. The van der Waals surface area contributed by atoms with Crippen LogP contribution in [-0.2, 0) is 7.05 Å². The summed E-state index contributed by atoms with van der Waals surface area (Å²) in [6.07, 6.45) is 1.90. The molecule has 21 heavy (non-hydrogen) atoms. The highest BCUT2D eigenvalue weighted by molar-refractivity contribution is 6.31. The van der Waals surface area contributed by atoms with Crippen LogP contribution in [0.3, 0.4) is 0 Å². The van der Waals surface area contributed by atoms with Crippen molar-refractivity contribution < 1.29 is 5.11 Å². The topological polar surface area (TPSA) is 64.1 Å². The zero-order chi connectivity index (χ0) is 15.0. The number of nitrogens with two attached hydrogens (primary N) is 1. The van der Waals surface area contributed by atoms with E-state index in [1.54, 1.807) is 22.9 Å². The van der Waals surface area contributed by atoms with Crippen LogP contribution in [0.4, 0.5) is 5.69 Å². The average Bonchev–Trinajstić information content (AvgIpc) is 2.84. The zero-order valence-electron chi connectivity index (χ0n) is 11.4. The first-order valence-electron chi connectivity index (χ1n) is 6.43. The Labute approximate surface area is 127 Å². The van der Waals surface area contributed by atoms with Gasteiger partial charge in [-0.1, -0.05) is 23.7 Å². The number of phenols is 1. The summed E-state index contributed by atoms with van der Waals surface area (Å²) in [5, 5.41) is 15.1. The summed E-state index contributed by atoms with van der Waals surface area (Å²) in [4.78, 5) is 0. The van der Waals surface area contributed by atoms with Crippen molar-refractivity contribution in [3.63, 3.8) is 0 Å². The minimum Gasteiger partial charge on any atom is -0.507 e. The van der Waals surface area contributed by atoms with E-state index in [2.05, 4.69) is 5.10 Å². The lowest BCUT2D eigenvalue weighted by Crippen LogP contribution is -1.88. The van der Waals surface area contributed by atoms with Gasteiger partial charge in [-0.3, -0.25) is 4.68 Å². The van der Waals surface area contributed by atoms with Gasteiger partial charge in [0.1, 0.15) is 11.4 Å². The molecule has 2 aromatic carbocycles. The average molecular weight is 300 g/mol. The van der Waals surface area contributed by atoms with Crippen molar-refractivity contribution in [1.29, 1.82) is 0 Å². The molecule has 3 rings (SSSR count). The Bertz CT molecular complexity index is 794. The van der Waals surface area contributed by atoms with Gasteiger partial charge in [0.2, 0.25) is 0 Å². The van der Waals surface area contributed by atoms with Crippen LogP contribution in [0.1, 0.15) is 0 Å². The normalized spacial score (nSPS) is 10.8. The third-order valence-corrected chi connectivity index (χ3v) is 3.50. The van der Waals surface area contributed by atoms with Crippen molar-refractivity contribution in [2.75, 3.05) is 5.73 Å². The lowest BCUT2D eigenvalue weighted by Gasteiger charge is -2.06. The molecule has 0 aliphatic rings. The number of nitrogens with zero attached hydrogens (tertiary/aromatic N) is 2. The van der Waals surface area contributed by atoms with Crippen LogP contribution >= 0.6 is 11.6 Å². The van der Waals surface area contributed by atoms with Gasteiger partial charge in [0, 0.05) is 35.1 Å². The van der Waals surface area contributed by atoms with Crippen LogP contribution in [0.2, 0.25) is 5.02 Å². The first-order valence-corrected chi connectivity index (χ1v) is 6.81. The third kappa shape index (κ3) is 2.58.